The molecule has 2 fully saturated rings. The van der Waals surface area contributed by atoms with Crippen LogP contribution >= 0.6 is 22.7 Å². The van der Waals surface area contributed by atoms with Gasteiger partial charge in [-0.25, -0.2) is 0 Å². The van der Waals surface area contributed by atoms with Crippen molar-refractivity contribution in [3.8, 4) is 11.5 Å². The molecule has 27 heavy (non-hydrogen) atoms. The third kappa shape index (κ3) is 5.47. The van der Waals surface area contributed by atoms with Crippen LogP contribution in [0.1, 0.15) is 48.3 Å². The molecule has 0 atom stereocenters. The Balaban J connectivity index is 1.27. The Morgan fingerprint density at radius 1 is 0.667 bits per heavy atom. The van der Waals surface area contributed by atoms with Crippen molar-refractivity contribution in [2.75, 3.05) is 33.0 Å². The van der Waals surface area contributed by atoms with E-state index < -0.39 is 0 Å². The summed E-state index contributed by atoms with van der Waals surface area (Å²) in [5.74, 6) is 1.97. The van der Waals surface area contributed by atoms with Crippen LogP contribution in [0.2, 0.25) is 0 Å². The Bertz CT molecular complexity index is 630. The standard InChI is InChI=1S/C21H30N2O2S2/c1-3-9-22(10-4-1)15-20-18(7-13-26-20)24-17-25-19-8-14-27-21(19)16-23-11-5-2-6-12-23/h7-8,13-14H,1-6,9-12,15-17H2. The van der Waals surface area contributed by atoms with Gasteiger partial charge < -0.3 is 9.47 Å². The Kier molecular flexibility index (Phi) is 7.07. The molecule has 2 aliphatic heterocycles. The molecule has 0 unspecified atom stereocenters. The predicted octanol–water partition coefficient (Wildman–Crippen LogP) is 5.20. The van der Waals surface area contributed by atoms with Gasteiger partial charge >= 0.3 is 0 Å². The third-order valence-electron chi connectivity index (χ3n) is 5.47. The second-order valence-corrected chi connectivity index (χ2v) is 9.50. The second kappa shape index (κ2) is 9.92. The quantitative estimate of drug-likeness (QED) is 0.563. The number of hydrogen-bond acceptors (Lipinski definition) is 6. The van der Waals surface area contributed by atoms with Crippen LogP contribution in [0.4, 0.5) is 0 Å². The highest BCUT2D eigenvalue weighted by Gasteiger charge is 2.16. The summed E-state index contributed by atoms with van der Waals surface area (Å²) in [6.07, 6.45) is 8.04. The number of nitrogens with zero attached hydrogens (tertiary/aromatic N) is 2. The van der Waals surface area contributed by atoms with Gasteiger partial charge in [0.15, 0.2) is 0 Å². The highest BCUT2D eigenvalue weighted by atomic mass is 32.1. The van der Waals surface area contributed by atoms with E-state index in [1.807, 2.05) is 0 Å². The van der Waals surface area contributed by atoms with Crippen LogP contribution in [-0.4, -0.2) is 42.8 Å². The molecule has 0 amide bonds. The Hall–Kier alpha value is -1.08. The largest absolute Gasteiger partial charge is 0.456 e. The average Bonchev–Trinajstić information content (AvgIpc) is 3.33. The maximum atomic E-state index is 5.99. The van der Waals surface area contributed by atoms with Crippen LogP contribution in [-0.2, 0) is 13.1 Å². The smallest absolute Gasteiger partial charge is 0.231 e. The first-order valence-electron chi connectivity index (χ1n) is 10.2. The molecule has 4 rings (SSSR count). The summed E-state index contributed by atoms with van der Waals surface area (Å²) < 4.78 is 12.0. The highest BCUT2D eigenvalue weighted by molar-refractivity contribution is 7.10. The van der Waals surface area contributed by atoms with E-state index in [1.54, 1.807) is 22.7 Å². The fraction of sp³-hybridized carbons (Fsp3) is 0.619. The molecular formula is C21H30N2O2S2. The molecule has 6 heteroatoms. The fourth-order valence-corrected chi connectivity index (χ4v) is 5.66. The van der Waals surface area contributed by atoms with E-state index >= 15 is 0 Å². The van der Waals surface area contributed by atoms with Gasteiger partial charge in [-0.15, -0.1) is 22.7 Å². The molecule has 0 aliphatic carbocycles. The van der Waals surface area contributed by atoms with E-state index in [-0.39, 0.29) is 6.79 Å². The van der Waals surface area contributed by atoms with Crippen LogP contribution in [0.25, 0.3) is 0 Å². The topological polar surface area (TPSA) is 24.9 Å². The van der Waals surface area contributed by atoms with Gasteiger partial charge in [-0.3, -0.25) is 9.80 Å². The maximum absolute atomic E-state index is 5.99. The highest BCUT2D eigenvalue weighted by Crippen LogP contribution is 2.30. The van der Waals surface area contributed by atoms with Gasteiger partial charge in [-0.05, 0) is 74.8 Å². The maximum Gasteiger partial charge on any atom is 0.231 e. The minimum absolute atomic E-state index is 0.285. The molecule has 0 bridgehead atoms. The molecule has 148 valence electrons. The Morgan fingerprint density at radius 2 is 1.11 bits per heavy atom. The summed E-state index contributed by atoms with van der Waals surface area (Å²) in [4.78, 5) is 7.72. The zero-order valence-corrected chi connectivity index (χ0v) is 17.7. The van der Waals surface area contributed by atoms with E-state index in [9.17, 15) is 0 Å². The molecular weight excluding hydrogens is 376 g/mol. The molecule has 0 radical (unpaired) electrons. The lowest BCUT2D eigenvalue weighted by Crippen LogP contribution is -2.29. The SMILES string of the molecule is c1cc(OCOc2ccsc2CN2CCCCC2)c(CN2CCCCC2)s1. The lowest BCUT2D eigenvalue weighted by atomic mass is 10.1. The van der Waals surface area contributed by atoms with Gasteiger partial charge in [0, 0.05) is 13.1 Å². The zero-order chi connectivity index (χ0) is 18.3. The summed E-state index contributed by atoms with van der Waals surface area (Å²) in [7, 11) is 0. The van der Waals surface area contributed by atoms with Crippen molar-refractivity contribution in [1.29, 1.82) is 0 Å². The molecule has 4 heterocycles. The van der Waals surface area contributed by atoms with Crippen LogP contribution in [0.15, 0.2) is 22.9 Å². The van der Waals surface area contributed by atoms with E-state index in [0.29, 0.717) is 0 Å². The number of ether oxygens (including phenoxy) is 2. The van der Waals surface area contributed by atoms with Crippen molar-refractivity contribution < 1.29 is 9.47 Å². The van der Waals surface area contributed by atoms with E-state index in [1.165, 1.54) is 74.5 Å². The molecule has 0 N–H and O–H groups in total. The Morgan fingerprint density at radius 3 is 1.56 bits per heavy atom. The van der Waals surface area contributed by atoms with Crippen LogP contribution in [0.3, 0.4) is 0 Å². The van der Waals surface area contributed by atoms with Crippen molar-refractivity contribution in [3.63, 3.8) is 0 Å². The molecule has 2 saturated heterocycles. The summed E-state index contributed by atoms with van der Waals surface area (Å²) in [5.41, 5.74) is 0. The summed E-state index contributed by atoms with van der Waals surface area (Å²) >= 11 is 3.58. The van der Waals surface area contributed by atoms with Crippen molar-refractivity contribution in [2.24, 2.45) is 0 Å². The van der Waals surface area contributed by atoms with Gasteiger partial charge in [0.25, 0.3) is 0 Å². The van der Waals surface area contributed by atoms with E-state index in [4.69, 9.17) is 9.47 Å². The van der Waals surface area contributed by atoms with Gasteiger partial charge in [-0.1, -0.05) is 12.8 Å². The zero-order valence-electron chi connectivity index (χ0n) is 16.0. The Labute approximate surface area is 170 Å². The minimum Gasteiger partial charge on any atom is -0.456 e. The van der Waals surface area contributed by atoms with Gasteiger partial charge in [0.1, 0.15) is 11.5 Å². The lowest BCUT2D eigenvalue weighted by molar-refractivity contribution is 0.115. The number of piperidine rings is 2. The van der Waals surface area contributed by atoms with Crippen molar-refractivity contribution >= 4 is 22.7 Å². The molecule has 2 aliphatic rings. The van der Waals surface area contributed by atoms with Gasteiger partial charge in [0.05, 0.1) is 9.75 Å². The molecule has 2 aromatic rings. The number of rotatable bonds is 8. The summed E-state index contributed by atoms with van der Waals surface area (Å²) in [5, 5.41) is 4.25. The van der Waals surface area contributed by atoms with Gasteiger partial charge in [0.2, 0.25) is 6.79 Å². The van der Waals surface area contributed by atoms with Crippen molar-refractivity contribution in [1.82, 2.24) is 9.80 Å². The van der Waals surface area contributed by atoms with Crippen LogP contribution < -0.4 is 9.47 Å². The van der Waals surface area contributed by atoms with Crippen LogP contribution in [0.5, 0.6) is 11.5 Å². The monoisotopic (exact) mass is 406 g/mol. The third-order valence-corrected chi connectivity index (χ3v) is 7.24. The molecule has 0 aromatic carbocycles. The van der Waals surface area contributed by atoms with Crippen molar-refractivity contribution in [2.45, 2.75) is 51.6 Å². The second-order valence-electron chi connectivity index (χ2n) is 7.50. The molecule has 0 spiro atoms. The summed E-state index contributed by atoms with van der Waals surface area (Å²) in [6, 6.07) is 4.16. The molecule has 0 saturated carbocycles. The molecule has 2 aromatic heterocycles. The average molecular weight is 407 g/mol. The van der Waals surface area contributed by atoms with Crippen molar-refractivity contribution in [3.05, 3.63) is 32.6 Å². The normalized spacial score (nSPS) is 19.3. The molecule has 4 nitrogen and oxygen atoms in total. The summed E-state index contributed by atoms with van der Waals surface area (Å²) in [6.45, 7) is 7.14. The minimum atomic E-state index is 0.285. The number of thiophene rings is 2. The van der Waals surface area contributed by atoms with E-state index in [2.05, 4.69) is 32.7 Å². The fourth-order valence-electron chi connectivity index (χ4n) is 3.94. The van der Waals surface area contributed by atoms with Gasteiger partial charge in [-0.2, -0.15) is 0 Å². The predicted molar refractivity (Wildman–Crippen MR) is 113 cm³/mol. The lowest BCUT2D eigenvalue weighted by Gasteiger charge is -2.26. The first-order valence-corrected chi connectivity index (χ1v) is 12.0. The number of hydrogen-bond donors (Lipinski definition) is 0. The van der Waals surface area contributed by atoms with Crippen LogP contribution in [0, 0.1) is 0 Å². The van der Waals surface area contributed by atoms with E-state index in [0.717, 1.165) is 24.6 Å². The first-order chi connectivity index (χ1) is 13.4. The number of likely N-dealkylation sites (tertiary alicyclic amines) is 2. The first kappa shape index (κ1) is 19.2.